The maximum Gasteiger partial charge on any atom is 0.262 e. The highest BCUT2D eigenvalue weighted by Crippen LogP contribution is 2.33. The maximum atomic E-state index is 13.7. The summed E-state index contributed by atoms with van der Waals surface area (Å²) in [6, 6.07) is 21.6. The van der Waals surface area contributed by atoms with Crippen LogP contribution in [-0.4, -0.2) is 51.9 Å². The lowest BCUT2D eigenvalue weighted by Crippen LogP contribution is -2.27. The third-order valence-corrected chi connectivity index (χ3v) is 10.5. The summed E-state index contributed by atoms with van der Waals surface area (Å²) in [6.45, 7) is 2.00. The van der Waals surface area contributed by atoms with Gasteiger partial charge in [0.1, 0.15) is 15.5 Å². The normalized spacial score (nSPS) is 13.2. The molecule has 2 heterocycles. The predicted octanol–water partition coefficient (Wildman–Crippen LogP) is 6.65. The first-order valence-electron chi connectivity index (χ1n) is 14.1. The van der Waals surface area contributed by atoms with Crippen molar-refractivity contribution in [3.05, 3.63) is 105 Å². The SMILES string of the molecule is COc1ccc(-c2cccc(C(=O)N3CCCC3)c2)cc1S(=O)(=O)Cc1cccc(CCCNC(=O)c2sccc2Cl)c1. The van der Waals surface area contributed by atoms with Gasteiger partial charge in [0.2, 0.25) is 0 Å². The van der Waals surface area contributed by atoms with Gasteiger partial charge in [-0.05, 0) is 83.6 Å². The van der Waals surface area contributed by atoms with Crippen molar-refractivity contribution in [1.29, 1.82) is 0 Å². The molecule has 10 heteroatoms. The first kappa shape index (κ1) is 30.8. The lowest BCUT2D eigenvalue weighted by atomic mass is 10.0. The second kappa shape index (κ2) is 13.8. The van der Waals surface area contributed by atoms with E-state index < -0.39 is 9.84 Å². The van der Waals surface area contributed by atoms with Gasteiger partial charge in [0.15, 0.2) is 9.84 Å². The number of thiophene rings is 1. The van der Waals surface area contributed by atoms with Crippen molar-refractivity contribution in [3.8, 4) is 16.9 Å². The summed E-state index contributed by atoms with van der Waals surface area (Å²) in [5, 5.41) is 5.10. The second-order valence-electron chi connectivity index (χ2n) is 10.5. The van der Waals surface area contributed by atoms with Crippen LogP contribution in [0.5, 0.6) is 5.75 Å². The predicted molar refractivity (Wildman–Crippen MR) is 171 cm³/mol. The smallest absolute Gasteiger partial charge is 0.262 e. The molecule has 0 unspecified atom stereocenters. The molecule has 224 valence electrons. The molecule has 1 aliphatic heterocycles. The molecule has 0 bridgehead atoms. The molecule has 0 radical (unpaired) electrons. The Bertz CT molecular complexity index is 1730. The minimum Gasteiger partial charge on any atom is -0.495 e. The van der Waals surface area contributed by atoms with Crippen LogP contribution < -0.4 is 10.1 Å². The Balaban J connectivity index is 1.28. The molecule has 1 aliphatic rings. The second-order valence-corrected chi connectivity index (χ2v) is 13.8. The van der Waals surface area contributed by atoms with Gasteiger partial charge < -0.3 is 15.0 Å². The highest BCUT2D eigenvalue weighted by molar-refractivity contribution is 7.90. The van der Waals surface area contributed by atoms with Crippen LogP contribution in [0.15, 0.2) is 83.1 Å². The van der Waals surface area contributed by atoms with Crippen LogP contribution in [0.25, 0.3) is 11.1 Å². The molecule has 0 atom stereocenters. The van der Waals surface area contributed by atoms with Gasteiger partial charge in [-0.25, -0.2) is 8.42 Å². The summed E-state index contributed by atoms with van der Waals surface area (Å²) in [5.74, 6) is -0.122. The Kier molecular flexibility index (Phi) is 9.85. The van der Waals surface area contributed by atoms with E-state index in [1.807, 2.05) is 47.4 Å². The number of nitrogens with one attached hydrogen (secondary N) is 1. The zero-order valence-corrected chi connectivity index (χ0v) is 26.2. The standard InChI is InChI=1S/C33H33ClN2O5S2/c1-41-29-13-12-26(25-10-5-11-27(20-25)33(38)36-16-2-3-17-36)21-30(29)43(39,40)22-24-8-4-7-23(19-24)9-6-15-35-32(37)31-28(34)14-18-42-31/h4-5,7-8,10-14,18-21H,2-3,6,9,15-17,22H2,1H3,(H,35,37). The molecule has 1 aromatic heterocycles. The molecule has 1 N–H and O–H groups in total. The summed E-state index contributed by atoms with van der Waals surface area (Å²) in [4.78, 5) is 27.7. The van der Waals surface area contributed by atoms with Crippen LogP contribution >= 0.6 is 22.9 Å². The Hall–Kier alpha value is -3.66. The fourth-order valence-electron chi connectivity index (χ4n) is 5.24. The van der Waals surface area contributed by atoms with Gasteiger partial charge in [-0.15, -0.1) is 11.3 Å². The molecule has 5 rings (SSSR count). The average molecular weight is 637 g/mol. The number of rotatable bonds is 11. The Morgan fingerprint density at radius 1 is 0.953 bits per heavy atom. The topological polar surface area (TPSA) is 92.8 Å². The molecule has 0 saturated carbocycles. The molecular formula is C33H33ClN2O5S2. The van der Waals surface area contributed by atoms with Crippen LogP contribution in [-0.2, 0) is 22.0 Å². The fourth-order valence-corrected chi connectivity index (χ4v) is 7.83. The van der Waals surface area contributed by atoms with Crippen LogP contribution in [0.3, 0.4) is 0 Å². The van der Waals surface area contributed by atoms with E-state index in [9.17, 15) is 18.0 Å². The van der Waals surface area contributed by atoms with Crippen molar-refractivity contribution in [2.75, 3.05) is 26.7 Å². The average Bonchev–Trinajstić information content (AvgIpc) is 3.71. The van der Waals surface area contributed by atoms with Crippen molar-refractivity contribution >= 4 is 44.6 Å². The summed E-state index contributed by atoms with van der Waals surface area (Å²) < 4.78 is 32.9. The summed E-state index contributed by atoms with van der Waals surface area (Å²) >= 11 is 7.34. The van der Waals surface area contributed by atoms with Crippen molar-refractivity contribution in [2.45, 2.75) is 36.3 Å². The van der Waals surface area contributed by atoms with E-state index in [0.717, 1.165) is 37.1 Å². The van der Waals surface area contributed by atoms with Gasteiger partial charge in [0, 0.05) is 25.2 Å². The number of hydrogen-bond acceptors (Lipinski definition) is 6. The number of aryl methyl sites for hydroxylation is 1. The van der Waals surface area contributed by atoms with E-state index in [1.54, 1.807) is 35.7 Å². The number of carbonyl (C=O) groups excluding carboxylic acids is 2. The highest BCUT2D eigenvalue weighted by atomic mass is 35.5. The number of carbonyl (C=O) groups is 2. The highest BCUT2D eigenvalue weighted by Gasteiger charge is 2.23. The molecule has 0 spiro atoms. The number of amides is 2. The minimum absolute atomic E-state index is 0.00474. The number of benzene rings is 3. The van der Waals surface area contributed by atoms with Crippen molar-refractivity contribution < 1.29 is 22.7 Å². The van der Waals surface area contributed by atoms with Crippen LogP contribution in [0, 0.1) is 0 Å². The summed E-state index contributed by atoms with van der Waals surface area (Å²) in [7, 11) is -2.32. The lowest BCUT2D eigenvalue weighted by molar-refractivity contribution is 0.0792. The van der Waals surface area contributed by atoms with Gasteiger partial charge in [0.05, 0.1) is 17.9 Å². The van der Waals surface area contributed by atoms with E-state index in [0.29, 0.717) is 46.0 Å². The number of methoxy groups -OCH3 is 1. The van der Waals surface area contributed by atoms with Gasteiger partial charge in [0.25, 0.3) is 11.8 Å². The molecule has 43 heavy (non-hydrogen) atoms. The summed E-state index contributed by atoms with van der Waals surface area (Å²) in [6.07, 6.45) is 3.40. The third-order valence-electron chi connectivity index (χ3n) is 7.43. The van der Waals surface area contributed by atoms with E-state index >= 15 is 0 Å². The molecule has 7 nitrogen and oxygen atoms in total. The molecule has 0 aliphatic carbocycles. The third kappa shape index (κ3) is 7.47. The maximum absolute atomic E-state index is 13.7. The number of sulfone groups is 1. The number of halogens is 1. The Labute approximate surface area is 261 Å². The van der Waals surface area contributed by atoms with E-state index in [2.05, 4.69) is 5.32 Å². The fraction of sp³-hybridized carbons (Fsp3) is 0.273. The van der Waals surface area contributed by atoms with Gasteiger partial charge in [-0.3, -0.25) is 9.59 Å². The molecule has 1 fully saturated rings. The molecule has 1 saturated heterocycles. The largest absolute Gasteiger partial charge is 0.495 e. The number of nitrogens with zero attached hydrogens (tertiary/aromatic N) is 1. The van der Waals surface area contributed by atoms with Gasteiger partial charge >= 0.3 is 0 Å². The van der Waals surface area contributed by atoms with E-state index in [1.165, 1.54) is 18.4 Å². The lowest BCUT2D eigenvalue weighted by Gasteiger charge is -2.16. The van der Waals surface area contributed by atoms with Crippen LogP contribution in [0.2, 0.25) is 5.02 Å². The van der Waals surface area contributed by atoms with Crippen LogP contribution in [0.1, 0.15) is 50.4 Å². The molecule has 3 aromatic carbocycles. The summed E-state index contributed by atoms with van der Waals surface area (Å²) in [5.41, 5.74) is 3.69. The molecular weight excluding hydrogens is 604 g/mol. The van der Waals surface area contributed by atoms with E-state index in [4.69, 9.17) is 16.3 Å². The first-order valence-corrected chi connectivity index (χ1v) is 17.1. The zero-order valence-electron chi connectivity index (χ0n) is 23.8. The Morgan fingerprint density at radius 3 is 2.44 bits per heavy atom. The number of hydrogen-bond donors (Lipinski definition) is 1. The minimum atomic E-state index is -3.78. The zero-order chi connectivity index (χ0) is 30.4. The van der Waals surface area contributed by atoms with Crippen molar-refractivity contribution in [1.82, 2.24) is 10.2 Å². The van der Waals surface area contributed by atoms with Crippen molar-refractivity contribution in [2.24, 2.45) is 0 Å². The number of likely N-dealkylation sites (tertiary alicyclic amines) is 1. The Morgan fingerprint density at radius 2 is 1.70 bits per heavy atom. The van der Waals surface area contributed by atoms with Crippen LogP contribution in [0.4, 0.5) is 0 Å². The first-order chi connectivity index (χ1) is 20.7. The van der Waals surface area contributed by atoms with Gasteiger partial charge in [-0.2, -0.15) is 0 Å². The monoisotopic (exact) mass is 636 g/mol. The molecule has 2 amide bonds. The molecule has 4 aromatic rings. The van der Waals surface area contributed by atoms with Crippen molar-refractivity contribution in [3.63, 3.8) is 0 Å². The number of ether oxygens (including phenoxy) is 1. The quantitative estimate of drug-likeness (QED) is 0.186. The van der Waals surface area contributed by atoms with Gasteiger partial charge in [-0.1, -0.05) is 54.1 Å². The van der Waals surface area contributed by atoms with E-state index in [-0.39, 0.29) is 28.2 Å².